The highest BCUT2D eigenvalue weighted by Crippen LogP contribution is 2.45. The fraction of sp³-hybridized carbons (Fsp3) is 0.143. The van der Waals surface area contributed by atoms with Gasteiger partial charge in [0.05, 0.1) is 6.61 Å². The Bertz CT molecular complexity index is 757. The Hall–Kier alpha value is -2.52. The zero-order valence-corrected chi connectivity index (χ0v) is 11.0. The largest absolute Gasteiger partial charge is 0.507 e. The number of aromatic carboxylic acids is 1. The number of carboxylic acid groups (broad SMARTS) is 1. The number of thiophene rings is 1. The average molecular weight is 287 g/mol. The van der Waals surface area contributed by atoms with E-state index in [-0.39, 0.29) is 11.3 Å². The molecule has 0 fully saturated rings. The van der Waals surface area contributed by atoms with Crippen molar-refractivity contribution in [2.24, 2.45) is 0 Å². The SMILES string of the molecule is N#Cc1sc(-c2ccc(C(=O)O)c(O)c2)c2c1OCC2. The summed E-state index contributed by atoms with van der Waals surface area (Å²) in [5, 5.41) is 27.8. The lowest BCUT2D eigenvalue weighted by atomic mass is 10.0. The molecule has 5 nitrogen and oxygen atoms in total. The molecule has 0 radical (unpaired) electrons. The fourth-order valence-electron chi connectivity index (χ4n) is 2.25. The minimum atomic E-state index is -1.17. The Morgan fingerprint density at radius 1 is 1.45 bits per heavy atom. The molecule has 1 aromatic heterocycles. The summed E-state index contributed by atoms with van der Waals surface area (Å²) in [6, 6.07) is 6.51. The van der Waals surface area contributed by atoms with Crippen molar-refractivity contribution in [1.29, 1.82) is 5.26 Å². The Morgan fingerprint density at radius 2 is 2.25 bits per heavy atom. The fourth-order valence-corrected chi connectivity index (χ4v) is 3.33. The molecular weight excluding hydrogens is 278 g/mol. The Kier molecular flexibility index (Phi) is 2.84. The van der Waals surface area contributed by atoms with Gasteiger partial charge < -0.3 is 14.9 Å². The molecule has 0 saturated carbocycles. The molecule has 1 aliphatic rings. The van der Waals surface area contributed by atoms with Gasteiger partial charge in [0.1, 0.15) is 22.3 Å². The van der Waals surface area contributed by atoms with Gasteiger partial charge in [-0.15, -0.1) is 11.3 Å². The summed E-state index contributed by atoms with van der Waals surface area (Å²) in [5.74, 6) is -0.838. The Balaban J connectivity index is 2.13. The number of carbonyl (C=O) groups is 1. The van der Waals surface area contributed by atoms with Crippen LogP contribution in [0.2, 0.25) is 0 Å². The quantitative estimate of drug-likeness (QED) is 0.886. The summed E-state index contributed by atoms with van der Waals surface area (Å²) in [6.07, 6.45) is 0.713. The first kappa shape index (κ1) is 12.5. The summed E-state index contributed by atoms with van der Waals surface area (Å²) in [4.78, 5) is 12.2. The van der Waals surface area contributed by atoms with Crippen LogP contribution in [0.4, 0.5) is 0 Å². The number of rotatable bonds is 2. The monoisotopic (exact) mass is 287 g/mol. The number of hydrogen-bond acceptors (Lipinski definition) is 5. The van der Waals surface area contributed by atoms with Gasteiger partial charge >= 0.3 is 5.97 Å². The van der Waals surface area contributed by atoms with Gasteiger partial charge in [-0.3, -0.25) is 0 Å². The van der Waals surface area contributed by atoms with Crippen molar-refractivity contribution in [2.45, 2.75) is 6.42 Å². The van der Waals surface area contributed by atoms with Crippen LogP contribution in [0, 0.1) is 11.3 Å². The van der Waals surface area contributed by atoms with Crippen molar-refractivity contribution < 1.29 is 19.7 Å². The third-order valence-corrected chi connectivity index (χ3v) is 4.32. The highest BCUT2D eigenvalue weighted by Gasteiger charge is 2.25. The molecule has 2 aromatic rings. The minimum Gasteiger partial charge on any atom is -0.507 e. The van der Waals surface area contributed by atoms with Crippen LogP contribution < -0.4 is 4.74 Å². The molecule has 0 atom stereocenters. The number of carboxylic acids is 1. The lowest BCUT2D eigenvalue weighted by Gasteiger charge is -2.04. The van der Waals surface area contributed by atoms with Crippen LogP contribution in [0.25, 0.3) is 10.4 Å². The van der Waals surface area contributed by atoms with Gasteiger partial charge in [0.2, 0.25) is 0 Å². The number of nitriles is 1. The molecule has 2 N–H and O–H groups in total. The number of fused-ring (bicyclic) bond motifs is 1. The molecule has 1 aromatic carbocycles. The molecule has 0 amide bonds. The second kappa shape index (κ2) is 4.54. The molecule has 20 heavy (non-hydrogen) atoms. The third-order valence-electron chi connectivity index (χ3n) is 3.15. The Labute approximate surface area is 118 Å². The van der Waals surface area contributed by atoms with Crippen molar-refractivity contribution >= 4 is 17.3 Å². The third kappa shape index (κ3) is 1.80. The van der Waals surface area contributed by atoms with Crippen LogP contribution in [-0.2, 0) is 6.42 Å². The van der Waals surface area contributed by atoms with Crippen LogP contribution in [-0.4, -0.2) is 22.8 Å². The molecule has 0 aliphatic carbocycles. The summed E-state index contributed by atoms with van der Waals surface area (Å²) in [7, 11) is 0. The zero-order chi connectivity index (χ0) is 14.3. The second-order valence-corrected chi connectivity index (χ2v) is 5.34. The number of benzene rings is 1. The summed E-state index contributed by atoms with van der Waals surface area (Å²) < 4.78 is 5.45. The standard InChI is InChI=1S/C14H9NO4S/c15-6-11-12-9(3-4-19-12)13(20-11)7-1-2-8(14(17)18)10(16)5-7/h1-2,5,16H,3-4H2,(H,17,18). The van der Waals surface area contributed by atoms with Gasteiger partial charge in [0, 0.05) is 16.9 Å². The molecule has 2 heterocycles. The van der Waals surface area contributed by atoms with E-state index in [0.29, 0.717) is 29.2 Å². The lowest BCUT2D eigenvalue weighted by Crippen LogP contribution is -1.96. The van der Waals surface area contributed by atoms with E-state index >= 15 is 0 Å². The Morgan fingerprint density at radius 3 is 2.90 bits per heavy atom. The van der Waals surface area contributed by atoms with Crippen molar-refractivity contribution in [3.63, 3.8) is 0 Å². The van der Waals surface area contributed by atoms with E-state index in [2.05, 4.69) is 6.07 Å². The van der Waals surface area contributed by atoms with E-state index in [1.54, 1.807) is 6.07 Å². The van der Waals surface area contributed by atoms with E-state index in [4.69, 9.17) is 15.1 Å². The normalized spacial score (nSPS) is 12.6. The summed E-state index contributed by atoms with van der Waals surface area (Å²) in [5.41, 5.74) is 1.51. The van der Waals surface area contributed by atoms with Crippen LogP contribution >= 0.6 is 11.3 Å². The van der Waals surface area contributed by atoms with Crippen LogP contribution in [0.3, 0.4) is 0 Å². The minimum absolute atomic E-state index is 0.140. The van der Waals surface area contributed by atoms with Crippen molar-refractivity contribution in [3.05, 3.63) is 34.2 Å². The molecule has 0 saturated heterocycles. The highest BCUT2D eigenvalue weighted by atomic mass is 32.1. The summed E-state index contributed by atoms with van der Waals surface area (Å²) >= 11 is 1.29. The molecular formula is C14H9NO4S. The van der Waals surface area contributed by atoms with E-state index in [1.165, 1.54) is 23.5 Å². The average Bonchev–Trinajstić information content (AvgIpc) is 2.99. The topological polar surface area (TPSA) is 90.6 Å². The molecule has 100 valence electrons. The molecule has 1 aliphatic heterocycles. The predicted molar refractivity (Wildman–Crippen MR) is 72.3 cm³/mol. The highest BCUT2D eigenvalue weighted by molar-refractivity contribution is 7.16. The van der Waals surface area contributed by atoms with Gasteiger partial charge in [0.25, 0.3) is 0 Å². The van der Waals surface area contributed by atoms with Gasteiger partial charge in [0.15, 0.2) is 5.75 Å². The maximum Gasteiger partial charge on any atom is 0.339 e. The van der Waals surface area contributed by atoms with Crippen molar-refractivity contribution in [3.8, 4) is 28.0 Å². The molecule has 6 heteroatoms. The first-order chi connectivity index (χ1) is 9.61. The smallest absolute Gasteiger partial charge is 0.339 e. The summed E-state index contributed by atoms with van der Waals surface area (Å²) in [6.45, 7) is 0.541. The predicted octanol–water partition coefficient (Wildman–Crippen LogP) is 2.63. The first-order valence-electron chi connectivity index (χ1n) is 5.87. The van der Waals surface area contributed by atoms with Crippen molar-refractivity contribution in [1.82, 2.24) is 0 Å². The lowest BCUT2D eigenvalue weighted by molar-refractivity contribution is 0.0694. The van der Waals surface area contributed by atoms with E-state index in [0.717, 1.165) is 10.4 Å². The van der Waals surface area contributed by atoms with E-state index in [1.807, 2.05) is 0 Å². The van der Waals surface area contributed by atoms with E-state index < -0.39 is 5.97 Å². The van der Waals surface area contributed by atoms with Gasteiger partial charge in [-0.05, 0) is 17.7 Å². The van der Waals surface area contributed by atoms with Crippen LogP contribution in [0.1, 0.15) is 20.8 Å². The maximum absolute atomic E-state index is 10.9. The van der Waals surface area contributed by atoms with Crippen molar-refractivity contribution in [2.75, 3.05) is 6.61 Å². The number of ether oxygens (including phenoxy) is 1. The first-order valence-corrected chi connectivity index (χ1v) is 6.68. The number of aromatic hydroxyl groups is 1. The van der Waals surface area contributed by atoms with Gasteiger partial charge in [-0.2, -0.15) is 5.26 Å². The number of hydrogen-bond donors (Lipinski definition) is 2. The van der Waals surface area contributed by atoms with Gasteiger partial charge in [-0.25, -0.2) is 4.79 Å². The number of nitrogens with zero attached hydrogens (tertiary/aromatic N) is 1. The molecule has 0 spiro atoms. The van der Waals surface area contributed by atoms with Gasteiger partial charge in [-0.1, -0.05) is 6.07 Å². The second-order valence-electron chi connectivity index (χ2n) is 4.32. The molecule has 3 rings (SSSR count). The molecule has 0 bridgehead atoms. The maximum atomic E-state index is 10.9. The van der Waals surface area contributed by atoms with E-state index in [9.17, 15) is 9.90 Å². The van der Waals surface area contributed by atoms with Crippen LogP contribution in [0.5, 0.6) is 11.5 Å². The number of phenols is 1. The van der Waals surface area contributed by atoms with Crippen LogP contribution in [0.15, 0.2) is 18.2 Å². The molecule has 0 unspecified atom stereocenters. The zero-order valence-electron chi connectivity index (χ0n) is 10.2.